The molecule has 0 radical (unpaired) electrons. The smallest absolute Gasteiger partial charge is 0.326 e. The number of carboxylic acid groups (broad SMARTS) is 5. The number of benzene rings is 3. The quantitative estimate of drug-likeness (QED) is 0.0230. The van der Waals surface area contributed by atoms with Crippen LogP contribution in [0.15, 0.2) is 91.5 Å². The summed E-state index contributed by atoms with van der Waals surface area (Å²) in [5, 5.41) is 104. The van der Waals surface area contributed by atoms with Crippen molar-refractivity contribution < 1.29 is 127 Å². The average molecular weight is 1790 g/mol. The van der Waals surface area contributed by atoms with Gasteiger partial charge in [-0.1, -0.05) is 111 Å². The molecule has 0 aliphatic heterocycles. The molecule has 5 aromatic rings. The molecular weight excluding hydrogens is 1680 g/mol. The van der Waals surface area contributed by atoms with E-state index < -0.39 is 266 Å². The normalized spacial score (nSPS) is 14.9. The van der Waals surface area contributed by atoms with Crippen LogP contribution in [-0.4, -0.2) is 248 Å². The van der Waals surface area contributed by atoms with Gasteiger partial charge in [0.25, 0.3) is 0 Å². The number of hydrogen-bond acceptors (Lipinski definition) is 22. The molecule has 5 rings (SSSR count). The summed E-state index contributed by atoms with van der Waals surface area (Å²) < 4.78 is 0. The number of amides is 14. The number of carboxylic acids is 5. The standard InChI is InChI=1S/C85H117N17O26/c1-12-43(7)70(83(125)99-63(85(127)128)35-50-38-87-55-17-15-14-16-54(50)55)102-84(126)71(44(8)13-2)101-81(123)62(37-68(112)113)97-78(120)58(32-41(3)4)95-80(122)61(36-51-39-86-40-88-51)94-73(115)46(10)91-77(119)59(33-48-18-22-52(103)23-19-48)96-79(121)60(34-49-20-24-53(104)25-21-49)98-82(124)69(42(5)6)100-74(116)47(11)90-75(117)56(26-29-65(106)107)93-76(118)57(27-30-66(108)109)92-72(114)45(9)89-64(105)28-31-67(110)111/h14-25,38-47,56-63,69-71,87,103-104H,12-13,26-37H2,1-11H3,(H,86,88)(H,89,105)(H,90,117)(H,91,119)(H,92,114)(H,93,118)(H,94,115)(H,95,122)(H,96,121)(H,97,120)(H,98,124)(H,99,125)(H,100,116)(H,101,123)(H,102,126)(H,106,107)(H,108,109)(H,110,111)(H,112,113)(H,127,128)/t43-,44-,45-,46-,47-,56-,57-,58-,59-,60-,61-,62-,63-,69-,70-,71-/m0/s1. The number of rotatable bonds is 54. The first kappa shape index (κ1) is 104. The second-order valence-corrected chi connectivity index (χ2v) is 32.1. The molecule has 2 heterocycles. The Bertz CT molecular complexity index is 4730. The van der Waals surface area contributed by atoms with Crippen molar-refractivity contribution in [2.45, 2.75) is 251 Å². The van der Waals surface area contributed by atoms with Crippen molar-refractivity contribution in [1.29, 1.82) is 0 Å². The largest absolute Gasteiger partial charge is 0.508 e. The Hall–Kier alpha value is -14.1. The minimum absolute atomic E-state index is 0.133. The molecule has 43 nitrogen and oxygen atoms in total. The van der Waals surface area contributed by atoms with Gasteiger partial charge in [0.05, 0.1) is 24.9 Å². The van der Waals surface area contributed by atoms with Crippen molar-refractivity contribution in [1.82, 2.24) is 89.4 Å². The number of H-pyrrole nitrogens is 2. The molecule has 14 amide bonds. The molecule has 0 unspecified atom stereocenters. The van der Waals surface area contributed by atoms with E-state index >= 15 is 0 Å². The van der Waals surface area contributed by atoms with E-state index in [-0.39, 0.29) is 55.7 Å². The van der Waals surface area contributed by atoms with Crippen LogP contribution >= 0.6 is 0 Å². The van der Waals surface area contributed by atoms with Crippen LogP contribution in [0, 0.1) is 23.7 Å². The first-order valence-corrected chi connectivity index (χ1v) is 41.7. The predicted octanol–water partition coefficient (Wildman–Crippen LogP) is -0.632. The number of aromatic nitrogens is 3. The maximum atomic E-state index is 14.9. The lowest BCUT2D eigenvalue weighted by molar-refractivity contribution is -0.143. The van der Waals surface area contributed by atoms with Gasteiger partial charge in [-0.25, -0.2) is 9.78 Å². The number of phenolic OH excluding ortho intramolecular Hbond substituents is 2. The highest BCUT2D eigenvalue weighted by Crippen LogP contribution is 2.22. The summed E-state index contributed by atoms with van der Waals surface area (Å²) in [5.41, 5.74) is 2.16. The van der Waals surface area contributed by atoms with E-state index in [0.29, 0.717) is 23.1 Å². The van der Waals surface area contributed by atoms with Gasteiger partial charge in [0.2, 0.25) is 82.7 Å². The van der Waals surface area contributed by atoms with E-state index in [9.17, 15) is 122 Å². The number of aromatic amines is 2. The van der Waals surface area contributed by atoms with Crippen LogP contribution in [-0.2, 0) is 117 Å². The second-order valence-electron chi connectivity index (χ2n) is 32.1. The minimum Gasteiger partial charge on any atom is -0.508 e. The third-order valence-corrected chi connectivity index (χ3v) is 20.9. The number of carbonyl (C=O) groups excluding carboxylic acids is 14. The molecule has 698 valence electrons. The topological polar surface area (TPSA) is 679 Å². The van der Waals surface area contributed by atoms with Crippen LogP contribution in [0.4, 0.5) is 0 Å². The Morgan fingerprint density at radius 2 is 0.742 bits per heavy atom. The van der Waals surface area contributed by atoms with E-state index in [4.69, 9.17) is 5.11 Å². The molecule has 0 saturated carbocycles. The number of imidazole rings is 1. The number of aliphatic carboxylic acids is 5. The zero-order chi connectivity index (χ0) is 95.5. The first-order chi connectivity index (χ1) is 60.3. The number of nitrogens with one attached hydrogen (secondary N) is 16. The van der Waals surface area contributed by atoms with Crippen LogP contribution in [0.25, 0.3) is 10.9 Å². The van der Waals surface area contributed by atoms with Gasteiger partial charge in [-0.2, -0.15) is 0 Å². The lowest BCUT2D eigenvalue weighted by atomic mass is 9.94. The summed E-state index contributed by atoms with van der Waals surface area (Å²) in [5.74, 6) is -24.6. The minimum atomic E-state index is -1.93. The number of hydrogen-bond donors (Lipinski definition) is 23. The highest BCUT2D eigenvalue weighted by Gasteiger charge is 2.40. The summed E-state index contributed by atoms with van der Waals surface area (Å²) in [6.45, 7) is 16.5. The summed E-state index contributed by atoms with van der Waals surface area (Å²) >= 11 is 0. The Labute approximate surface area is 736 Å². The van der Waals surface area contributed by atoms with Gasteiger partial charge in [0.15, 0.2) is 0 Å². The summed E-state index contributed by atoms with van der Waals surface area (Å²) in [6.07, 6.45) is -1.52. The van der Waals surface area contributed by atoms with Crippen LogP contribution in [0.1, 0.15) is 163 Å². The lowest BCUT2D eigenvalue weighted by Gasteiger charge is -2.31. The molecule has 0 aliphatic rings. The summed E-state index contributed by atoms with van der Waals surface area (Å²) in [4.78, 5) is 268. The van der Waals surface area contributed by atoms with E-state index in [1.807, 2.05) is 0 Å². The van der Waals surface area contributed by atoms with Crippen molar-refractivity contribution in [3.63, 3.8) is 0 Å². The third-order valence-electron chi connectivity index (χ3n) is 20.9. The highest BCUT2D eigenvalue weighted by molar-refractivity contribution is 6.01. The van der Waals surface area contributed by atoms with Gasteiger partial charge in [-0.15, -0.1) is 0 Å². The molecular formula is C85H117N17O26. The third kappa shape index (κ3) is 34.5. The molecule has 16 atom stereocenters. The predicted molar refractivity (Wildman–Crippen MR) is 456 cm³/mol. The molecule has 0 aliphatic carbocycles. The fourth-order valence-electron chi connectivity index (χ4n) is 13.1. The molecule has 43 heteroatoms. The number of para-hydroxylation sites is 1. The van der Waals surface area contributed by atoms with E-state index in [0.717, 1.165) is 17.8 Å². The Balaban J connectivity index is 1.36. The second kappa shape index (κ2) is 50.8. The van der Waals surface area contributed by atoms with Crippen molar-refractivity contribution in [3.05, 3.63) is 114 Å². The lowest BCUT2D eigenvalue weighted by Crippen LogP contribution is -2.62. The zero-order valence-electron chi connectivity index (χ0n) is 72.8. The van der Waals surface area contributed by atoms with Crippen molar-refractivity contribution in [3.8, 4) is 11.5 Å². The van der Waals surface area contributed by atoms with E-state index in [1.54, 1.807) is 72.0 Å². The maximum absolute atomic E-state index is 14.9. The molecule has 0 fully saturated rings. The Morgan fingerprint density at radius 3 is 1.22 bits per heavy atom. The van der Waals surface area contributed by atoms with E-state index in [1.165, 1.54) is 88.8 Å². The number of carbonyl (C=O) groups is 19. The van der Waals surface area contributed by atoms with Gasteiger partial charge in [-0.3, -0.25) is 86.3 Å². The van der Waals surface area contributed by atoms with Crippen molar-refractivity contribution in [2.24, 2.45) is 23.7 Å². The molecule has 3 aromatic carbocycles. The molecule has 0 saturated heterocycles. The highest BCUT2D eigenvalue weighted by atomic mass is 16.4. The van der Waals surface area contributed by atoms with E-state index in [2.05, 4.69) is 89.4 Å². The Kier molecular flexibility index (Phi) is 41.5. The van der Waals surface area contributed by atoms with Crippen LogP contribution in [0.3, 0.4) is 0 Å². The van der Waals surface area contributed by atoms with Gasteiger partial charge in [-0.05, 0) is 111 Å². The van der Waals surface area contributed by atoms with Gasteiger partial charge < -0.3 is 120 Å². The van der Waals surface area contributed by atoms with Crippen LogP contribution < -0.4 is 74.4 Å². The fraction of sp³-hybridized carbons (Fsp3) is 0.506. The van der Waals surface area contributed by atoms with Gasteiger partial charge in [0, 0.05) is 68.2 Å². The zero-order valence-corrected chi connectivity index (χ0v) is 72.8. The monoisotopic (exact) mass is 1790 g/mol. The molecule has 0 bridgehead atoms. The van der Waals surface area contributed by atoms with Crippen LogP contribution in [0.5, 0.6) is 11.5 Å². The van der Waals surface area contributed by atoms with Crippen molar-refractivity contribution >= 4 is 123 Å². The molecule has 23 N–H and O–H groups in total. The fourth-order valence-corrected chi connectivity index (χ4v) is 13.1. The summed E-state index contributed by atoms with van der Waals surface area (Å²) in [7, 11) is 0. The molecule has 0 spiro atoms. The van der Waals surface area contributed by atoms with Crippen LogP contribution in [0.2, 0.25) is 0 Å². The van der Waals surface area contributed by atoms with Crippen molar-refractivity contribution in [2.75, 3.05) is 0 Å². The number of phenols is 2. The maximum Gasteiger partial charge on any atom is 0.326 e. The molecule has 2 aromatic heterocycles. The Morgan fingerprint density at radius 1 is 0.359 bits per heavy atom. The van der Waals surface area contributed by atoms with Gasteiger partial charge in [0.1, 0.15) is 96.1 Å². The summed E-state index contributed by atoms with van der Waals surface area (Å²) in [6, 6.07) is -4.61. The number of aromatic hydroxyl groups is 2. The average Bonchev–Trinajstić information content (AvgIpc) is 1.69. The SMILES string of the molecule is CC[C@H](C)[C@H](NC(=O)[C@H](CC(=O)O)NC(=O)[C@H](CC(C)C)NC(=O)[C@H](Cc1c[nH]cn1)NC(=O)[C@H](C)NC(=O)[C@H](Cc1ccc(O)cc1)NC(=O)[C@H](Cc1ccc(O)cc1)NC(=O)[C@@H](NC(=O)[C@H](C)NC(=O)[C@H](CCC(=O)O)NC(=O)[C@H](CCC(=O)O)NC(=O)[C@H](C)NC(=O)CCC(=O)O)C(C)C)C(=O)N[C@H](C(=O)N[C@@H](Cc1c[nH]c2ccccc12)C(=O)O)[C@@H](C)CC. The number of nitrogens with zero attached hydrogens (tertiary/aromatic N) is 1. The van der Waals surface area contributed by atoms with Gasteiger partial charge >= 0.3 is 29.8 Å². The number of fused-ring (bicyclic) bond motifs is 1. The molecule has 128 heavy (non-hydrogen) atoms. The first-order valence-electron chi connectivity index (χ1n) is 41.7.